The molecule has 4 rings (SSSR count). The second-order valence-corrected chi connectivity index (χ2v) is 11.0. The van der Waals surface area contributed by atoms with Gasteiger partial charge in [-0.3, -0.25) is 9.69 Å². The van der Waals surface area contributed by atoms with Gasteiger partial charge in [-0.2, -0.15) is 0 Å². The largest absolute Gasteiger partial charge is 0.494 e. The normalized spacial score (nSPS) is 15.8. The number of unbranched alkanes of at least 4 members (excludes halogenated alkanes) is 1. The first-order valence-electron chi connectivity index (χ1n) is 14.2. The molecule has 1 fully saturated rings. The SMILES string of the molecule is CCCN(CCC)C(=O)N1C(=O)CCc2ccc(OCCCCN3CCN(c4cccc(Cl)c4Cl)CC3)cc21. The molecule has 39 heavy (non-hydrogen) atoms. The standard InChI is InChI=1S/C30H40Cl2N4O3/c1-3-14-35(15-4-2)30(38)36-27-22-24(12-10-23(27)11-13-28(36)37)39-21-6-5-16-33-17-19-34(20-18-33)26-9-7-8-25(31)29(26)32/h7-10,12,22H,3-6,11,13-21H2,1-2H3. The summed E-state index contributed by atoms with van der Waals surface area (Å²) in [5, 5.41) is 1.22. The zero-order valence-corrected chi connectivity index (χ0v) is 24.6. The molecule has 0 unspecified atom stereocenters. The highest BCUT2D eigenvalue weighted by Crippen LogP contribution is 2.34. The minimum Gasteiger partial charge on any atom is -0.494 e. The highest BCUT2D eigenvalue weighted by molar-refractivity contribution is 6.43. The van der Waals surface area contributed by atoms with Gasteiger partial charge in [-0.1, -0.05) is 49.2 Å². The fourth-order valence-electron chi connectivity index (χ4n) is 5.31. The van der Waals surface area contributed by atoms with E-state index < -0.39 is 0 Å². The minimum atomic E-state index is -0.223. The van der Waals surface area contributed by atoms with Crippen molar-refractivity contribution in [2.24, 2.45) is 0 Å². The van der Waals surface area contributed by atoms with Gasteiger partial charge in [0.05, 0.1) is 28.0 Å². The predicted molar refractivity (Wildman–Crippen MR) is 160 cm³/mol. The molecule has 2 aromatic carbocycles. The number of imide groups is 1. The molecular weight excluding hydrogens is 535 g/mol. The number of carbonyl (C=O) groups excluding carboxylic acids is 2. The molecular formula is C30H40Cl2N4O3. The molecule has 0 aromatic heterocycles. The third kappa shape index (κ3) is 7.38. The van der Waals surface area contributed by atoms with Gasteiger partial charge in [0.15, 0.2) is 0 Å². The monoisotopic (exact) mass is 574 g/mol. The number of nitrogens with zero attached hydrogens (tertiary/aromatic N) is 4. The summed E-state index contributed by atoms with van der Waals surface area (Å²) in [5.41, 5.74) is 2.69. The number of piperazine rings is 1. The van der Waals surface area contributed by atoms with E-state index in [9.17, 15) is 9.59 Å². The third-order valence-electron chi connectivity index (χ3n) is 7.39. The van der Waals surface area contributed by atoms with Gasteiger partial charge in [-0.15, -0.1) is 0 Å². The number of urea groups is 1. The van der Waals surface area contributed by atoms with Gasteiger partial charge in [-0.05, 0) is 62.4 Å². The molecule has 2 aliphatic heterocycles. The van der Waals surface area contributed by atoms with Crippen molar-refractivity contribution in [1.29, 1.82) is 0 Å². The van der Waals surface area contributed by atoms with Crippen molar-refractivity contribution in [2.75, 3.05) is 62.2 Å². The summed E-state index contributed by atoms with van der Waals surface area (Å²) in [6.07, 6.45) is 4.68. The number of hydrogen-bond acceptors (Lipinski definition) is 5. The number of anilines is 2. The molecule has 0 spiro atoms. The van der Waals surface area contributed by atoms with Crippen LogP contribution in [-0.4, -0.2) is 74.2 Å². The Morgan fingerprint density at radius 3 is 2.41 bits per heavy atom. The number of rotatable bonds is 11. The molecule has 2 aliphatic rings. The molecule has 0 atom stereocenters. The van der Waals surface area contributed by atoms with Crippen LogP contribution in [-0.2, 0) is 11.2 Å². The van der Waals surface area contributed by atoms with Gasteiger partial charge in [0, 0.05) is 51.8 Å². The maximum Gasteiger partial charge on any atom is 0.331 e. The van der Waals surface area contributed by atoms with Gasteiger partial charge in [-0.25, -0.2) is 9.69 Å². The first kappa shape index (κ1) is 29.5. The fourth-order valence-corrected chi connectivity index (χ4v) is 5.73. The van der Waals surface area contributed by atoms with Gasteiger partial charge in [0.2, 0.25) is 5.91 Å². The molecule has 212 valence electrons. The molecule has 7 nitrogen and oxygen atoms in total. The van der Waals surface area contributed by atoms with Crippen molar-refractivity contribution in [1.82, 2.24) is 9.80 Å². The number of carbonyl (C=O) groups is 2. The predicted octanol–water partition coefficient (Wildman–Crippen LogP) is 6.50. The van der Waals surface area contributed by atoms with Crippen LogP contribution in [0.2, 0.25) is 10.0 Å². The summed E-state index contributed by atoms with van der Waals surface area (Å²) < 4.78 is 6.06. The molecule has 2 aromatic rings. The van der Waals surface area contributed by atoms with Crippen molar-refractivity contribution >= 4 is 46.5 Å². The molecule has 0 saturated carbocycles. The quantitative estimate of drug-likeness (QED) is 0.287. The van der Waals surface area contributed by atoms with E-state index in [1.807, 2.05) is 50.2 Å². The number of hydrogen-bond donors (Lipinski definition) is 0. The van der Waals surface area contributed by atoms with Crippen LogP contribution in [0.15, 0.2) is 36.4 Å². The lowest BCUT2D eigenvalue weighted by atomic mass is 10.0. The number of ether oxygens (including phenoxy) is 1. The van der Waals surface area contributed by atoms with E-state index in [0.29, 0.717) is 54.0 Å². The van der Waals surface area contributed by atoms with Crippen LogP contribution in [0, 0.1) is 0 Å². The van der Waals surface area contributed by atoms with E-state index >= 15 is 0 Å². The van der Waals surface area contributed by atoms with Crippen molar-refractivity contribution in [2.45, 2.75) is 52.4 Å². The summed E-state index contributed by atoms with van der Waals surface area (Å²) in [5.74, 6) is 0.561. The average molecular weight is 576 g/mol. The Morgan fingerprint density at radius 2 is 1.69 bits per heavy atom. The van der Waals surface area contributed by atoms with Gasteiger partial charge < -0.3 is 14.5 Å². The zero-order chi connectivity index (χ0) is 27.8. The molecule has 9 heteroatoms. The maximum atomic E-state index is 13.3. The topological polar surface area (TPSA) is 56.3 Å². The van der Waals surface area contributed by atoms with Gasteiger partial charge in [0.25, 0.3) is 0 Å². The minimum absolute atomic E-state index is 0.139. The van der Waals surface area contributed by atoms with Crippen LogP contribution < -0.4 is 14.5 Å². The molecule has 2 heterocycles. The second-order valence-electron chi connectivity index (χ2n) is 10.2. The lowest BCUT2D eigenvalue weighted by molar-refractivity contribution is -0.118. The van der Waals surface area contributed by atoms with E-state index in [4.69, 9.17) is 27.9 Å². The molecule has 1 saturated heterocycles. The van der Waals surface area contributed by atoms with E-state index in [1.165, 1.54) is 4.90 Å². The van der Waals surface area contributed by atoms with Crippen LogP contribution in [0.25, 0.3) is 0 Å². The van der Waals surface area contributed by atoms with E-state index in [0.717, 1.165) is 69.7 Å². The molecule has 0 aliphatic carbocycles. The summed E-state index contributed by atoms with van der Waals surface area (Å²) in [4.78, 5) is 34.1. The highest BCUT2D eigenvalue weighted by atomic mass is 35.5. The lowest BCUT2D eigenvalue weighted by Crippen LogP contribution is -2.48. The molecule has 0 N–H and O–H groups in total. The maximum absolute atomic E-state index is 13.3. The van der Waals surface area contributed by atoms with Crippen molar-refractivity contribution in [3.63, 3.8) is 0 Å². The number of halogens is 2. The molecule has 0 radical (unpaired) electrons. The van der Waals surface area contributed by atoms with Crippen LogP contribution in [0.3, 0.4) is 0 Å². The summed E-state index contributed by atoms with van der Waals surface area (Å²) in [6.45, 7) is 10.8. The average Bonchev–Trinajstić information content (AvgIpc) is 2.94. The Bertz CT molecular complexity index is 1130. The number of benzene rings is 2. The van der Waals surface area contributed by atoms with E-state index in [-0.39, 0.29) is 11.9 Å². The third-order valence-corrected chi connectivity index (χ3v) is 8.19. The number of aryl methyl sites for hydroxylation is 1. The van der Waals surface area contributed by atoms with Crippen LogP contribution in [0.4, 0.5) is 16.2 Å². The lowest BCUT2D eigenvalue weighted by Gasteiger charge is -2.36. The summed E-state index contributed by atoms with van der Waals surface area (Å²) in [6, 6.07) is 11.4. The van der Waals surface area contributed by atoms with Gasteiger partial charge in [0.1, 0.15) is 5.75 Å². The van der Waals surface area contributed by atoms with Crippen LogP contribution in [0.1, 0.15) is 51.5 Å². The first-order chi connectivity index (χ1) is 18.9. The van der Waals surface area contributed by atoms with Crippen molar-refractivity contribution in [3.8, 4) is 5.75 Å². The Kier molecular flexibility index (Phi) is 10.8. The Morgan fingerprint density at radius 1 is 0.949 bits per heavy atom. The number of fused-ring (bicyclic) bond motifs is 1. The fraction of sp³-hybridized carbons (Fsp3) is 0.533. The Balaban J connectivity index is 1.25. The van der Waals surface area contributed by atoms with Crippen molar-refractivity contribution < 1.29 is 14.3 Å². The van der Waals surface area contributed by atoms with E-state index in [1.54, 1.807) is 4.90 Å². The Hall–Kier alpha value is -2.48. The summed E-state index contributed by atoms with van der Waals surface area (Å²) in [7, 11) is 0. The van der Waals surface area contributed by atoms with Crippen LogP contribution in [0.5, 0.6) is 5.75 Å². The zero-order valence-electron chi connectivity index (χ0n) is 23.1. The highest BCUT2D eigenvalue weighted by Gasteiger charge is 2.32. The van der Waals surface area contributed by atoms with Crippen LogP contribution >= 0.6 is 23.2 Å². The van der Waals surface area contributed by atoms with Gasteiger partial charge >= 0.3 is 6.03 Å². The van der Waals surface area contributed by atoms with Crippen molar-refractivity contribution in [3.05, 3.63) is 52.0 Å². The van der Waals surface area contributed by atoms with E-state index in [2.05, 4.69) is 9.80 Å². The molecule has 3 amide bonds. The Labute approximate surface area is 242 Å². The number of amides is 3. The smallest absolute Gasteiger partial charge is 0.331 e. The summed E-state index contributed by atoms with van der Waals surface area (Å²) >= 11 is 12.6. The second kappa shape index (κ2) is 14.2. The first-order valence-corrected chi connectivity index (χ1v) is 15.0. The molecule has 0 bridgehead atoms.